The molecule has 0 saturated carbocycles. The zero-order valence-corrected chi connectivity index (χ0v) is 11.2. The Morgan fingerprint density at radius 1 is 1.47 bits per heavy atom. The van der Waals surface area contributed by atoms with E-state index in [1.807, 2.05) is 13.3 Å². The Morgan fingerprint density at radius 2 is 2.29 bits per heavy atom. The molecule has 3 heteroatoms. The van der Waals surface area contributed by atoms with Crippen molar-refractivity contribution in [1.82, 2.24) is 10.2 Å². The topological polar surface area (TPSA) is 28.4 Å². The van der Waals surface area contributed by atoms with Crippen molar-refractivity contribution in [2.24, 2.45) is 0 Å². The Morgan fingerprint density at radius 3 is 3.00 bits per heavy atom. The van der Waals surface area contributed by atoms with E-state index >= 15 is 0 Å². The highest BCUT2D eigenvalue weighted by Gasteiger charge is 2.29. The number of nitrogens with zero attached hydrogens (tertiary/aromatic N) is 1. The molecular formula is C14H24N2O. The van der Waals surface area contributed by atoms with Crippen LogP contribution in [0.25, 0.3) is 0 Å². The van der Waals surface area contributed by atoms with E-state index in [2.05, 4.69) is 30.1 Å². The lowest BCUT2D eigenvalue weighted by molar-refractivity contribution is 0.188. The molecule has 0 spiro atoms. The standard InChI is InChI=1S/C14H24N2O/c1-4-13-6-5-11(2)16(13)10-12-7-8-17-14(12)9-15-3/h7-8,11,13,15H,4-6,9-10H2,1-3H3. The molecule has 0 bridgehead atoms. The third kappa shape index (κ3) is 2.72. The van der Waals surface area contributed by atoms with Crippen LogP contribution in [-0.4, -0.2) is 24.0 Å². The zero-order valence-electron chi connectivity index (χ0n) is 11.2. The molecule has 1 aromatic heterocycles. The van der Waals surface area contributed by atoms with Crippen LogP contribution in [0, 0.1) is 0 Å². The summed E-state index contributed by atoms with van der Waals surface area (Å²) in [4.78, 5) is 2.63. The lowest BCUT2D eigenvalue weighted by Gasteiger charge is -2.27. The van der Waals surface area contributed by atoms with Gasteiger partial charge in [-0.3, -0.25) is 4.90 Å². The number of likely N-dealkylation sites (tertiary alicyclic amines) is 1. The first-order valence-electron chi connectivity index (χ1n) is 6.71. The highest BCUT2D eigenvalue weighted by molar-refractivity contribution is 5.17. The molecule has 0 radical (unpaired) electrons. The van der Waals surface area contributed by atoms with E-state index in [1.165, 1.54) is 24.8 Å². The number of rotatable bonds is 5. The molecule has 3 nitrogen and oxygen atoms in total. The summed E-state index contributed by atoms with van der Waals surface area (Å²) in [6.07, 6.45) is 5.74. The predicted octanol–water partition coefficient (Wildman–Crippen LogP) is 2.76. The summed E-state index contributed by atoms with van der Waals surface area (Å²) in [5, 5.41) is 3.16. The summed E-state index contributed by atoms with van der Waals surface area (Å²) >= 11 is 0. The van der Waals surface area contributed by atoms with Gasteiger partial charge < -0.3 is 9.73 Å². The predicted molar refractivity (Wildman–Crippen MR) is 69.8 cm³/mol. The molecule has 2 atom stereocenters. The molecule has 0 aromatic carbocycles. The largest absolute Gasteiger partial charge is 0.468 e. The fraction of sp³-hybridized carbons (Fsp3) is 0.714. The molecule has 2 heterocycles. The van der Waals surface area contributed by atoms with Crippen molar-refractivity contribution in [3.63, 3.8) is 0 Å². The van der Waals surface area contributed by atoms with Crippen LogP contribution >= 0.6 is 0 Å². The normalized spacial score (nSPS) is 25.6. The molecule has 0 amide bonds. The third-order valence-corrected chi connectivity index (χ3v) is 3.95. The Hall–Kier alpha value is -0.800. The summed E-state index contributed by atoms with van der Waals surface area (Å²) in [5.41, 5.74) is 1.34. The smallest absolute Gasteiger partial charge is 0.122 e. The van der Waals surface area contributed by atoms with Gasteiger partial charge in [0, 0.05) is 24.2 Å². The van der Waals surface area contributed by atoms with Crippen molar-refractivity contribution >= 4 is 0 Å². The molecule has 0 aliphatic carbocycles. The second-order valence-corrected chi connectivity index (χ2v) is 5.06. The number of hydrogen-bond donors (Lipinski definition) is 1. The Labute approximate surface area is 104 Å². The van der Waals surface area contributed by atoms with Gasteiger partial charge in [-0.1, -0.05) is 6.92 Å². The van der Waals surface area contributed by atoms with Gasteiger partial charge >= 0.3 is 0 Å². The molecule has 96 valence electrons. The van der Waals surface area contributed by atoms with Gasteiger partial charge in [-0.25, -0.2) is 0 Å². The molecule has 17 heavy (non-hydrogen) atoms. The minimum absolute atomic E-state index is 0.706. The van der Waals surface area contributed by atoms with Gasteiger partial charge in [0.05, 0.1) is 12.8 Å². The van der Waals surface area contributed by atoms with Gasteiger partial charge in [0.2, 0.25) is 0 Å². The summed E-state index contributed by atoms with van der Waals surface area (Å²) in [7, 11) is 1.96. The average molecular weight is 236 g/mol. The summed E-state index contributed by atoms with van der Waals surface area (Å²) in [6, 6.07) is 3.57. The lowest BCUT2D eigenvalue weighted by Crippen LogP contribution is -2.33. The first-order valence-corrected chi connectivity index (χ1v) is 6.71. The zero-order chi connectivity index (χ0) is 12.3. The summed E-state index contributed by atoms with van der Waals surface area (Å²) in [5.74, 6) is 1.08. The first kappa shape index (κ1) is 12.7. The maximum Gasteiger partial charge on any atom is 0.122 e. The first-order chi connectivity index (χ1) is 8.26. The highest BCUT2D eigenvalue weighted by Crippen LogP contribution is 2.28. The molecule has 2 rings (SSSR count). The van der Waals surface area contributed by atoms with E-state index < -0.39 is 0 Å². The van der Waals surface area contributed by atoms with Crippen molar-refractivity contribution in [2.75, 3.05) is 7.05 Å². The minimum Gasteiger partial charge on any atom is -0.468 e. The fourth-order valence-electron chi connectivity index (χ4n) is 2.87. The third-order valence-electron chi connectivity index (χ3n) is 3.95. The second-order valence-electron chi connectivity index (χ2n) is 5.06. The molecule has 2 unspecified atom stereocenters. The Kier molecular flexibility index (Phi) is 4.24. The second kappa shape index (κ2) is 5.69. The average Bonchev–Trinajstić information content (AvgIpc) is 2.89. The molecule has 1 fully saturated rings. The van der Waals surface area contributed by atoms with E-state index in [-0.39, 0.29) is 0 Å². The lowest BCUT2D eigenvalue weighted by atomic mass is 10.1. The van der Waals surface area contributed by atoms with Crippen LogP contribution in [0.1, 0.15) is 44.4 Å². The Balaban J connectivity index is 2.05. The summed E-state index contributed by atoms with van der Waals surface area (Å²) in [6.45, 7) is 6.49. The van der Waals surface area contributed by atoms with Crippen LogP contribution in [-0.2, 0) is 13.1 Å². The van der Waals surface area contributed by atoms with E-state index in [1.54, 1.807) is 0 Å². The maximum absolute atomic E-state index is 5.53. The van der Waals surface area contributed by atoms with Crippen molar-refractivity contribution in [3.05, 3.63) is 23.7 Å². The van der Waals surface area contributed by atoms with Gasteiger partial charge in [0.15, 0.2) is 0 Å². The van der Waals surface area contributed by atoms with E-state index in [0.29, 0.717) is 6.04 Å². The SMILES string of the molecule is CCC1CCC(C)N1Cc1ccoc1CNC. The molecule has 1 aliphatic rings. The fourth-order valence-corrected chi connectivity index (χ4v) is 2.87. The van der Waals surface area contributed by atoms with Gasteiger partial charge in [-0.15, -0.1) is 0 Å². The van der Waals surface area contributed by atoms with Gasteiger partial charge in [0.1, 0.15) is 5.76 Å². The molecule has 1 aromatic rings. The van der Waals surface area contributed by atoms with Crippen molar-refractivity contribution in [3.8, 4) is 0 Å². The van der Waals surface area contributed by atoms with E-state index in [4.69, 9.17) is 4.42 Å². The van der Waals surface area contributed by atoms with Crippen molar-refractivity contribution in [2.45, 2.75) is 58.3 Å². The minimum atomic E-state index is 0.706. The summed E-state index contributed by atoms with van der Waals surface area (Å²) < 4.78 is 5.53. The van der Waals surface area contributed by atoms with Gasteiger partial charge in [-0.05, 0) is 39.3 Å². The van der Waals surface area contributed by atoms with Crippen LogP contribution in [0.5, 0.6) is 0 Å². The number of nitrogens with one attached hydrogen (secondary N) is 1. The van der Waals surface area contributed by atoms with Crippen molar-refractivity contribution < 1.29 is 4.42 Å². The van der Waals surface area contributed by atoms with E-state index in [9.17, 15) is 0 Å². The van der Waals surface area contributed by atoms with Crippen LogP contribution < -0.4 is 5.32 Å². The monoisotopic (exact) mass is 236 g/mol. The van der Waals surface area contributed by atoms with Gasteiger partial charge in [0.25, 0.3) is 0 Å². The molecular weight excluding hydrogens is 212 g/mol. The quantitative estimate of drug-likeness (QED) is 0.852. The van der Waals surface area contributed by atoms with Crippen LogP contribution in [0.2, 0.25) is 0 Å². The molecule has 1 aliphatic heterocycles. The Bertz CT molecular complexity index is 348. The van der Waals surface area contributed by atoms with Crippen molar-refractivity contribution in [1.29, 1.82) is 0 Å². The van der Waals surface area contributed by atoms with Crippen LogP contribution in [0.4, 0.5) is 0 Å². The van der Waals surface area contributed by atoms with Crippen LogP contribution in [0.15, 0.2) is 16.7 Å². The number of hydrogen-bond acceptors (Lipinski definition) is 3. The van der Waals surface area contributed by atoms with E-state index in [0.717, 1.165) is 24.9 Å². The maximum atomic E-state index is 5.53. The highest BCUT2D eigenvalue weighted by atomic mass is 16.3. The van der Waals surface area contributed by atoms with Gasteiger partial charge in [-0.2, -0.15) is 0 Å². The van der Waals surface area contributed by atoms with Crippen LogP contribution in [0.3, 0.4) is 0 Å². The molecule has 1 N–H and O–H groups in total. The number of furan rings is 1. The molecule has 1 saturated heterocycles.